The van der Waals surface area contributed by atoms with E-state index in [-0.39, 0.29) is 0 Å². The molecule has 12 heavy (non-hydrogen) atoms. The van der Waals surface area contributed by atoms with Crippen LogP contribution in [0.5, 0.6) is 0 Å². The molecule has 0 aromatic carbocycles. The highest BCUT2D eigenvalue weighted by Crippen LogP contribution is 2.15. The van der Waals surface area contributed by atoms with Gasteiger partial charge in [-0.1, -0.05) is 6.92 Å². The van der Waals surface area contributed by atoms with E-state index in [9.17, 15) is 0 Å². The first-order chi connectivity index (χ1) is 5.74. The Balaban J connectivity index is 2.26. The van der Waals surface area contributed by atoms with Gasteiger partial charge in [0.1, 0.15) is 0 Å². The number of nitrogens with two attached hydrogens (primary N) is 1. The van der Waals surface area contributed by atoms with Gasteiger partial charge < -0.3 is 11.1 Å². The Morgan fingerprint density at radius 1 is 1.75 bits per heavy atom. The van der Waals surface area contributed by atoms with Crippen LogP contribution in [0.3, 0.4) is 0 Å². The normalized spacial score (nSPS) is 24.2. The van der Waals surface area contributed by atoms with E-state index < -0.39 is 0 Å². The Bertz CT molecular complexity index is 160. The Labute approximate surface area is 79.3 Å². The fourth-order valence-corrected chi connectivity index (χ4v) is 1.84. The lowest BCUT2D eigenvalue weighted by Crippen LogP contribution is -2.41. The summed E-state index contributed by atoms with van der Waals surface area (Å²) in [5.74, 6) is 0. The van der Waals surface area contributed by atoms with Crippen molar-refractivity contribution >= 4 is 17.3 Å². The van der Waals surface area contributed by atoms with E-state index in [1.807, 2.05) is 0 Å². The molecule has 70 valence electrons. The third-order valence-corrected chi connectivity index (χ3v) is 2.56. The summed E-state index contributed by atoms with van der Waals surface area (Å²) in [6.45, 7) is 5.45. The minimum Gasteiger partial charge on any atom is -0.376 e. The van der Waals surface area contributed by atoms with Gasteiger partial charge in [-0.05, 0) is 38.1 Å². The second-order valence-electron chi connectivity index (χ2n) is 3.17. The first-order valence-electron chi connectivity index (χ1n) is 4.51. The summed E-state index contributed by atoms with van der Waals surface area (Å²) in [7, 11) is 0. The summed E-state index contributed by atoms with van der Waals surface area (Å²) >= 11 is 4.75. The number of nitrogens with zero attached hydrogens (tertiary/aromatic N) is 1. The van der Waals surface area contributed by atoms with Crippen LogP contribution in [0, 0.1) is 0 Å². The molecule has 0 aromatic rings. The molecule has 1 heterocycles. The average Bonchev–Trinajstić information content (AvgIpc) is 2.47. The van der Waals surface area contributed by atoms with E-state index in [4.69, 9.17) is 18.0 Å². The van der Waals surface area contributed by atoms with Gasteiger partial charge in [0, 0.05) is 12.6 Å². The van der Waals surface area contributed by atoms with Crippen LogP contribution < -0.4 is 11.1 Å². The second kappa shape index (κ2) is 4.62. The van der Waals surface area contributed by atoms with E-state index in [1.54, 1.807) is 0 Å². The number of nitrogens with one attached hydrogen (secondary N) is 1. The highest BCUT2D eigenvalue weighted by Gasteiger charge is 2.22. The maximum Gasteiger partial charge on any atom is 0.163 e. The van der Waals surface area contributed by atoms with Crippen molar-refractivity contribution in [1.82, 2.24) is 10.2 Å². The maximum absolute atomic E-state index is 5.36. The summed E-state index contributed by atoms with van der Waals surface area (Å²) in [6, 6.07) is 0.636. The lowest BCUT2D eigenvalue weighted by atomic mass is 10.2. The predicted molar refractivity (Wildman–Crippen MR) is 55.1 cm³/mol. The smallest absolute Gasteiger partial charge is 0.163 e. The van der Waals surface area contributed by atoms with Gasteiger partial charge in [0.15, 0.2) is 5.11 Å². The molecule has 0 spiro atoms. The summed E-state index contributed by atoms with van der Waals surface area (Å²) in [4.78, 5) is 2.46. The molecule has 1 rings (SSSR count). The number of hydrogen-bond acceptors (Lipinski definition) is 2. The number of likely N-dealkylation sites (tertiary alicyclic amines) is 1. The van der Waals surface area contributed by atoms with Gasteiger partial charge in [-0.2, -0.15) is 0 Å². The lowest BCUT2D eigenvalue weighted by Gasteiger charge is -2.22. The van der Waals surface area contributed by atoms with Gasteiger partial charge in [-0.3, -0.25) is 4.90 Å². The number of hydrogen-bond donors (Lipinski definition) is 2. The van der Waals surface area contributed by atoms with Gasteiger partial charge in [0.2, 0.25) is 0 Å². The van der Waals surface area contributed by atoms with Crippen LogP contribution in [0.15, 0.2) is 0 Å². The van der Waals surface area contributed by atoms with Gasteiger partial charge in [0.25, 0.3) is 0 Å². The minimum absolute atomic E-state index is 0.415. The number of likely N-dealkylation sites (N-methyl/N-ethyl adjacent to an activating group) is 1. The van der Waals surface area contributed by atoms with Crippen molar-refractivity contribution in [3.63, 3.8) is 0 Å². The molecule has 4 heteroatoms. The van der Waals surface area contributed by atoms with Gasteiger partial charge in [0.05, 0.1) is 0 Å². The molecule has 3 nitrogen and oxygen atoms in total. The number of thiocarbonyl (C=S) groups is 1. The SMILES string of the molecule is CCN1CCC[C@H]1CNC(N)=S. The van der Waals surface area contributed by atoms with Crippen molar-refractivity contribution in [2.24, 2.45) is 5.73 Å². The molecule has 0 saturated carbocycles. The summed E-state index contributed by atoms with van der Waals surface area (Å²) in [6.07, 6.45) is 2.57. The van der Waals surface area contributed by atoms with Gasteiger partial charge in [-0.25, -0.2) is 0 Å². The van der Waals surface area contributed by atoms with Crippen molar-refractivity contribution < 1.29 is 0 Å². The molecule has 0 radical (unpaired) electrons. The fourth-order valence-electron chi connectivity index (χ4n) is 1.76. The van der Waals surface area contributed by atoms with Gasteiger partial charge >= 0.3 is 0 Å². The third kappa shape index (κ3) is 2.60. The highest BCUT2D eigenvalue weighted by molar-refractivity contribution is 7.80. The highest BCUT2D eigenvalue weighted by atomic mass is 32.1. The first kappa shape index (κ1) is 9.74. The topological polar surface area (TPSA) is 41.3 Å². The Kier molecular flexibility index (Phi) is 3.75. The van der Waals surface area contributed by atoms with E-state index in [1.165, 1.54) is 19.4 Å². The molecule has 1 aliphatic heterocycles. The van der Waals surface area contributed by atoms with E-state index >= 15 is 0 Å². The molecular weight excluding hydrogens is 170 g/mol. The molecule has 1 atom stereocenters. The van der Waals surface area contributed by atoms with Crippen LogP contribution in [0.4, 0.5) is 0 Å². The van der Waals surface area contributed by atoms with Gasteiger partial charge in [-0.15, -0.1) is 0 Å². The number of rotatable bonds is 3. The standard InChI is InChI=1S/C8H17N3S/c1-2-11-5-3-4-7(11)6-10-8(9)12/h7H,2-6H2,1H3,(H3,9,10,12)/t7-/m0/s1. The molecule has 1 saturated heterocycles. The predicted octanol–water partition coefficient (Wildman–Crippen LogP) is 0.304. The Morgan fingerprint density at radius 2 is 2.50 bits per heavy atom. The average molecular weight is 187 g/mol. The van der Waals surface area contributed by atoms with Crippen LogP contribution in [0.2, 0.25) is 0 Å². The summed E-state index contributed by atoms with van der Waals surface area (Å²) in [5.41, 5.74) is 5.36. The van der Waals surface area contributed by atoms with Crippen LogP contribution >= 0.6 is 12.2 Å². The summed E-state index contributed by atoms with van der Waals surface area (Å²) in [5, 5.41) is 3.43. The second-order valence-corrected chi connectivity index (χ2v) is 3.61. The molecule has 0 unspecified atom stereocenters. The minimum atomic E-state index is 0.415. The largest absolute Gasteiger partial charge is 0.376 e. The third-order valence-electron chi connectivity index (χ3n) is 2.42. The zero-order valence-corrected chi connectivity index (χ0v) is 8.36. The monoisotopic (exact) mass is 187 g/mol. The van der Waals surface area contributed by atoms with Crippen molar-refractivity contribution in [2.45, 2.75) is 25.8 Å². The summed E-state index contributed by atoms with van der Waals surface area (Å²) < 4.78 is 0. The Hall–Kier alpha value is -0.350. The molecule has 0 amide bonds. The molecule has 0 aromatic heterocycles. The Morgan fingerprint density at radius 3 is 3.08 bits per heavy atom. The van der Waals surface area contributed by atoms with E-state index in [0.717, 1.165) is 13.1 Å². The van der Waals surface area contributed by atoms with Crippen LogP contribution in [-0.4, -0.2) is 35.7 Å². The quantitative estimate of drug-likeness (QED) is 0.624. The zero-order chi connectivity index (χ0) is 8.97. The lowest BCUT2D eigenvalue weighted by molar-refractivity contribution is 0.267. The molecular formula is C8H17N3S. The van der Waals surface area contributed by atoms with Crippen LogP contribution in [0.1, 0.15) is 19.8 Å². The van der Waals surface area contributed by atoms with Crippen LogP contribution in [0.25, 0.3) is 0 Å². The molecule has 3 N–H and O–H groups in total. The fraction of sp³-hybridized carbons (Fsp3) is 0.875. The zero-order valence-electron chi connectivity index (χ0n) is 7.55. The van der Waals surface area contributed by atoms with E-state index in [0.29, 0.717) is 11.2 Å². The van der Waals surface area contributed by atoms with E-state index in [2.05, 4.69) is 17.1 Å². The van der Waals surface area contributed by atoms with Crippen molar-refractivity contribution in [1.29, 1.82) is 0 Å². The molecule has 0 aliphatic carbocycles. The van der Waals surface area contributed by atoms with Crippen molar-refractivity contribution in [3.05, 3.63) is 0 Å². The first-order valence-corrected chi connectivity index (χ1v) is 4.92. The molecule has 1 fully saturated rings. The van der Waals surface area contributed by atoms with Crippen molar-refractivity contribution in [3.8, 4) is 0 Å². The van der Waals surface area contributed by atoms with Crippen molar-refractivity contribution in [2.75, 3.05) is 19.6 Å². The molecule has 0 bridgehead atoms. The van der Waals surface area contributed by atoms with Crippen LogP contribution in [-0.2, 0) is 0 Å². The maximum atomic E-state index is 5.36. The molecule has 1 aliphatic rings.